The molecule has 8 heteroatoms. The number of ether oxygens (including phenoxy) is 3. The SMILES string of the molecule is CC(C)(C)C(=O)Nc1nc(OCCCCOC2CCCCO2)ccc1C=CCC(=O)O. The van der Waals surface area contributed by atoms with Gasteiger partial charge < -0.3 is 24.6 Å². The predicted octanol–water partition coefficient (Wildman–Crippen LogP) is 4.26. The van der Waals surface area contributed by atoms with Crippen LogP contribution in [-0.4, -0.2) is 48.1 Å². The molecule has 1 atom stereocenters. The molecular weight excluding hydrogens is 400 g/mol. The third kappa shape index (κ3) is 9.48. The third-order valence-electron chi connectivity index (χ3n) is 4.63. The van der Waals surface area contributed by atoms with Crippen LogP contribution in [0.5, 0.6) is 5.88 Å². The second-order valence-electron chi connectivity index (χ2n) is 8.51. The maximum Gasteiger partial charge on any atom is 0.307 e. The molecule has 0 saturated carbocycles. The number of carbonyl (C=O) groups excluding carboxylic acids is 1. The summed E-state index contributed by atoms with van der Waals surface area (Å²) in [5.74, 6) is -0.372. The van der Waals surface area contributed by atoms with Gasteiger partial charge in [0.1, 0.15) is 5.82 Å². The van der Waals surface area contributed by atoms with Gasteiger partial charge in [-0.3, -0.25) is 9.59 Å². The van der Waals surface area contributed by atoms with Crippen molar-refractivity contribution in [3.8, 4) is 5.88 Å². The Morgan fingerprint density at radius 3 is 2.71 bits per heavy atom. The fraction of sp³-hybridized carbons (Fsp3) is 0.609. The lowest BCUT2D eigenvalue weighted by molar-refractivity contribution is -0.162. The topological polar surface area (TPSA) is 107 Å². The summed E-state index contributed by atoms with van der Waals surface area (Å²) in [7, 11) is 0. The van der Waals surface area contributed by atoms with E-state index in [1.807, 2.05) is 20.8 Å². The minimum Gasteiger partial charge on any atom is -0.481 e. The molecule has 0 aromatic carbocycles. The molecule has 0 spiro atoms. The van der Waals surface area contributed by atoms with Crippen LogP contribution in [-0.2, 0) is 19.1 Å². The Balaban J connectivity index is 1.88. The molecule has 1 aliphatic heterocycles. The summed E-state index contributed by atoms with van der Waals surface area (Å²) in [5, 5.41) is 11.6. The molecule has 1 aromatic heterocycles. The lowest BCUT2D eigenvalue weighted by atomic mass is 9.95. The highest BCUT2D eigenvalue weighted by Crippen LogP contribution is 2.23. The van der Waals surface area contributed by atoms with E-state index in [1.165, 1.54) is 6.08 Å². The first-order chi connectivity index (χ1) is 14.8. The number of aliphatic carboxylic acids is 1. The van der Waals surface area contributed by atoms with Crippen LogP contribution < -0.4 is 10.1 Å². The number of amides is 1. The lowest BCUT2D eigenvalue weighted by Crippen LogP contribution is -2.28. The summed E-state index contributed by atoms with van der Waals surface area (Å²) < 4.78 is 17.0. The molecule has 1 aliphatic rings. The van der Waals surface area contributed by atoms with E-state index in [1.54, 1.807) is 18.2 Å². The summed E-state index contributed by atoms with van der Waals surface area (Å²) >= 11 is 0. The molecule has 172 valence electrons. The van der Waals surface area contributed by atoms with E-state index in [4.69, 9.17) is 19.3 Å². The molecule has 1 saturated heterocycles. The van der Waals surface area contributed by atoms with Gasteiger partial charge in [0, 0.05) is 30.3 Å². The molecule has 1 amide bonds. The molecule has 0 aliphatic carbocycles. The third-order valence-corrected chi connectivity index (χ3v) is 4.63. The van der Waals surface area contributed by atoms with E-state index in [2.05, 4.69) is 10.3 Å². The number of carboxylic acids is 1. The Morgan fingerprint density at radius 1 is 1.26 bits per heavy atom. The van der Waals surface area contributed by atoms with Gasteiger partial charge >= 0.3 is 5.97 Å². The highest BCUT2D eigenvalue weighted by molar-refractivity contribution is 5.95. The fourth-order valence-corrected chi connectivity index (χ4v) is 2.79. The first kappa shape index (κ1) is 24.8. The summed E-state index contributed by atoms with van der Waals surface area (Å²) in [4.78, 5) is 27.6. The van der Waals surface area contributed by atoms with Crippen molar-refractivity contribution in [3.05, 3.63) is 23.8 Å². The fourth-order valence-electron chi connectivity index (χ4n) is 2.79. The van der Waals surface area contributed by atoms with Crippen molar-refractivity contribution in [1.82, 2.24) is 4.98 Å². The van der Waals surface area contributed by atoms with Crippen molar-refractivity contribution in [2.45, 2.75) is 65.6 Å². The Bertz CT molecular complexity index is 751. The average Bonchev–Trinajstić information content (AvgIpc) is 2.71. The van der Waals surface area contributed by atoms with Crippen LogP contribution in [0.3, 0.4) is 0 Å². The summed E-state index contributed by atoms with van der Waals surface area (Å²) in [6.45, 7) is 7.30. The van der Waals surface area contributed by atoms with Gasteiger partial charge in [-0.25, -0.2) is 0 Å². The molecule has 2 heterocycles. The maximum absolute atomic E-state index is 12.4. The van der Waals surface area contributed by atoms with Gasteiger partial charge in [-0.2, -0.15) is 4.98 Å². The smallest absolute Gasteiger partial charge is 0.307 e. The van der Waals surface area contributed by atoms with Crippen LogP contribution in [0.2, 0.25) is 0 Å². The second kappa shape index (κ2) is 12.4. The molecule has 1 unspecified atom stereocenters. The lowest BCUT2D eigenvalue weighted by Gasteiger charge is -2.22. The number of carbonyl (C=O) groups is 2. The molecule has 8 nitrogen and oxygen atoms in total. The molecular formula is C23H34N2O6. The number of hydrogen-bond acceptors (Lipinski definition) is 6. The van der Waals surface area contributed by atoms with Crippen LogP contribution in [0.1, 0.15) is 64.9 Å². The van der Waals surface area contributed by atoms with Crippen molar-refractivity contribution < 1.29 is 28.9 Å². The zero-order valence-electron chi connectivity index (χ0n) is 18.7. The number of pyridine rings is 1. The Hall–Kier alpha value is -2.45. The molecule has 1 fully saturated rings. The normalized spacial score (nSPS) is 16.9. The van der Waals surface area contributed by atoms with Crippen LogP contribution in [0.4, 0.5) is 5.82 Å². The van der Waals surface area contributed by atoms with Crippen molar-refractivity contribution in [3.63, 3.8) is 0 Å². The molecule has 2 N–H and O–H groups in total. The molecule has 0 radical (unpaired) electrons. The van der Waals surface area contributed by atoms with Gasteiger partial charge in [-0.15, -0.1) is 0 Å². The maximum atomic E-state index is 12.4. The van der Waals surface area contributed by atoms with E-state index in [-0.39, 0.29) is 18.6 Å². The first-order valence-electron chi connectivity index (χ1n) is 10.8. The van der Waals surface area contributed by atoms with Crippen LogP contribution in [0, 0.1) is 5.41 Å². The van der Waals surface area contributed by atoms with E-state index in [0.29, 0.717) is 30.5 Å². The number of hydrogen-bond donors (Lipinski definition) is 2. The number of nitrogens with zero attached hydrogens (tertiary/aromatic N) is 1. The second-order valence-corrected chi connectivity index (χ2v) is 8.51. The molecule has 1 aromatic rings. The van der Waals surface area contributed by atoms with Gasteiger partial charge in [0.2, 0.25) is 11.8 Å². The Labute approximate surface area is 184 Å². The number of rotatable bonds is 11. The van der Waals surface area contributed by atoms with Gasteiger partial charge in [0.15, 0.2) is 6.29 Å². The zero-order valence-corrected chi connectivity index (χ0v) is 18.7. The van der Waals surface area contributed by atoms with Crippen molar-refractivity contribution in [1.29, 1.82) is 0 Å². The molecule has 2 rings (SSSR count). The van der Waals surface area contributed by atoms with Crippen molar-refractivity contribution in [2.24, 2.45) is 5.41 Å². The minimum atomic E-state index is -0.927. The van der Waals surface area contributed by atoms with Crippen LogP contribution in [0.25, 0.3) is 6.08 Å². The number of carboxylic acid groups (broad SMARTS) is 1. The summed E-state index contributed by atoms with van der Waals surface area (Å²) in [6.07, 6.45) is 7.82. The van der Waals surface area contributed by atoms with E-state index >= 15 is 0 Å². The summed E-state index contributed by atoms with van der Waals surface area (Å²) in [6, 6.07) is 3.46. The standard InChI is InChI=1S/C23H34N2O6/c1-23(2,3)22(28)25-21-17(9-8-10-19(26)27)12-13-18(24-21)29-14-6-7-16-31-20-11-4-5-15-30-20/h8-9,12-13,20H,4-7,10-11,14-16H2,1-3H3,(H,26,27)(H,24,25,28). The monoisotopic (exact) mass is 434 g/mol. The molecule has 31 heavy (non-hydrogen) atoms. The van der Waals surface area contributed by atoms with Gasteiger partial charge in [0.25, 0.3) is 0 Å². The predicted molar refractivity (Wildman–Crippen MR) is 118 cm³/mol. The molecule has 0 bridgehead atoms. The number of nitrogens with one attached hydrogen (secondary N) is 1. The van der Waals surface area contributed by atoms with Gasteiger partial charge in [-0.05, 0) is 38.2 Å². The Morgan fingerprint density at radius 2 is 2.03 bits per heavy atom. The van der Waals surface area contributed by atoms with Crippen LogP contribution in [0.15, 0.2) is 18.2 Å². The number of aromatic nitrogens is 1. The van der Waals surface area contributed by atoms with Gasteiger partial charge in [0.05, 0.1) is 13.0 Å². The zero-order chi connectivity index (χ0) is 22.7. The average molecular weight is 435 g/mol. The van der Waals surface area contributed by atoms with Crippen LogP contribution >= 0.6 is 0 Å². The highest BCUT2D eigenvalue weighted by Gasteiger charge is 2.22. The largest absolute Gasteiger partial charge is 0.481 e. The summed E-state index contributed by atoms with van der Waals surface area (Å²) in [5.41, 5.74) is 0.0231. The van der Waals surface area contributed by atoms with E-state index in [9.17, 15) is 9.59 Å². The Kier molecular flexibility index (Phi) is 9.94. The number of unbranched alkanes of at least 4 members (excludes halogenated alkanes) is 1. The number of anilines is 1. The van der Waals surface area contributed by atoms with E-state index < -0.39 is 11.4 Å². The van der Waals surface area contributed by atoms with E-state index in [0.717, 1.165) is 38.7 Å². The quantitative estimate of drug-likeness (QED) is 0.501. The van der Waals surface area contributed by atoms with Crippen molar-refractivity contribution in [2.75, 3.05) is 25.1 Å². The van der Waals surface area contributed by atoms with Crippen molar-refractivity contribution >= 4 is 23.8 Å². The minimum absolute atomic E-state index is 0.0768. The highest BCUT2D eigenvalue weighted by atomic mass is 16.7. The first-order valence-corrected chi connectivity index (χ1v) is 10.8. The van der Waals surface area contributed by atoms with Gasteiger partial charge in [-0.1, -0.05) is 32.9 Å².